The molecular weight excluding hydrogens is 184 g/mol. The van der Waals surface area contributed by atoms with Crippen molar-refractivity contribution in [2.24, 2.45) is 5.92 Å². The van der Waals surface area contributed by atoms with E-state index in [9.17, 15) is 5.11 Å². The van der Waals surface area contributed by atoms with E-state index in [0.29, 0.717) is 0 Å². The Hall–Kier alpha value is -0.820. The van der Waals surface area contributed by atoms with E-state index in [1.165, 1.54) is 16.7 Å². The van der Waals surface area contributed by atoms with Gasteiger partial charge in [-0.3, -0.25) is 0 Å². The van der Waals surface area contributed by atoms with Gasteiger partial charge in [0, 0.05) is 6.42 Å². The summed E-state index contributed by atoms with van der Waals surface area (Å²) in [5.41, 5.74) is 3.22. The largest absolute Gasteiger partial charge is 0.390 e. The molecule has 0 aliphatic heterocycles. The summed E-state index contributed by atoms with van der Waals surface area (Å²) in [6.07, 6.45) is 0.728. The SMILES string of the molecule is Cc1ccc(CC(C)(O)C(C)C)cc1C. The predicted octanol–water partition coefficient (Wildman–Crippen LogP) is 3.25. The van der Waals surface area contributed by atoms with Gasteiger partial charge in [0.15, 0.2) is 0 Å². The molecule has 0 saturated carbocycles. The second-order valence-corrected chi connectivity index (χ2v) is 5.11. The molecule has 0 saturated heterocycles. The second-order valence-electron chi connectivity index (χ2n) is 5.11. The van der Waals surface area contributed by atoms with Gasteiger partial charge >= 0.3 is 0 Å². The molecule has 1 unspecified atom stereocenters. The number of benzene rings is 1. The molecule has 0 aliphatic carbocycles. The smallest absolute Gasteiger partial charge is 0.0682 e. The predicted molar refractivity (Wildman–Crippen MR) is 65.1 cm³/mol. The molecule has 1 rings (SSSR count). The third kappa shape index (κ3) is 3.07. The van der Waals surface area contributed by atoms with Gasteiger partial charge in [-0.1, -0.05) is 32.0 Å². The summed E-state index contributed by atoms with van der Waals surface area (Å²) < 4.78 is 0. The van der Waals surface area contributed by atoms with Crippen LogP contribution in [0.3, 0.4) is 0 Å². The molecule has 0 amide bonds. The maximum atomic E-state index is 10.2. The first kappa shape index (κ1) is 12.3. The zero-order valence-corrected chi connectivity index (χ0v) is 10.5. The number of rotatable bonds is 3. The maximum absolute atomic E-state index is 10.2. The summed E-state index contributed by atoms with van der Waals surface area (Å²) in [7, 11) is 0. The van der Waals surface area contributed by atoms with Gasteiger partial charge in [0.1, 0.15) is 0 Å². The van der Waals surface area contributed by atoms with Crippen LogP contribution in [-0.2, 0) is 6.42 Å². The summed E-state index contributed by atoms with van der Waals surface area (Å²) in [5, 5.41) is 10.2. The Morgan fingerprint density at radius 1 is 1.20 bits per heavy atom. The topological polar surface area (TPSA) is 20.2 Å². The van der Waals surface area contributed by atoms with Gasteiger partial charge in [-0.15, -0.1) is 0 Å². The van der Waals surface area contributed by atoms with Crippen LogP contribution in [0.25, 0.3) is 0 Å². The Morgan fingerprint density at radius 3 is 2.27 bits per heavy atom. The molecule has 1 heteroatoms. The minimum atomic E-state index is -0.609. The number of aliphatic hydroxyl groups is 1. The Bertz CT molecular complexity index is 337. The van der Waals surface area contributed by atoms with Crippen LogP contribution in [0.15, 0.2) is 18.2 Å². The van der Waals surface area contributed by atoms with Crippen molar-refractivity contribution in [2.75, 3.05) is 0 Å². The van der Waals surface area contributed by atoms with Gasteiger partial charge in [0.2, 0.25) is 0 Å². The Labute approximate surface area is 93.1 Å². The van der Waals surface area contributed by atoms with E-state index in [4.69, 9.17) is 0 Å². The van der Waals surface area contributed by atoms with E-state index in [-0.39, 0.29) is 5.92 Å². The van der Waals surface area contributed by atoms with Crippen molar-refractivity contribution in [3.8, 4) is 0 Å². The molecule has 1 aromatic rings. The second kappa shape index (κ2) is 4.36. The lowest BCUT2D eigenvalue weighted by Gasteiger charge is -2.28. The van der Waals surface area contributed by atoms with Crippen LogP contribution < -0.4 is 0 Å². The summed E-state index contributed by atoms with van der Waals surface area (Å²) in [6, 6.07) is 6.41. The molecule has 84 valence electrons. The van der Waals surface area contributed by atoms with Crippen molar-refractivity contribution in [3.05, 3.63) is 34.9 Å². The van der Waals surface area contributed by atoms with Crippen molar-refractivity contribution >= 4 is 0 Å². The first-order chi connectivity index (χ1) is 6.83. The highest BCUT2D eigenvalue weighted by molar-refractivity contribution is 5.30. The highest BCUT2D eigenvalue weighted by Gasteiger charge is 2.24. The van der Waals surface area contributed by atoms with Gasteiger partial charge < -0.3 is 5.11 Å². The van der Waals surface area contributed by atoms with Crippen LogP contribution in [0.2, 0.25) is 0 Å². The molecule has 1 aromatic carbocycles. The van der Waals surface area contributed by atoms with Crippen LogP contribution in [0, 0.1) is 19.8 Å². The zero-order chi connectivity index (χ0) is 11.6. The summed E-state index contributed by atoms with van der Waals surface area (Å²) in [5.74, 6) is 0.277. The van der Waals surface area contributed by atoms with Gasteiger partial charge in [-0.25, -0.2) is 0 Å². The average molecular weight is 206 g/mol. The molecular formula is C14H22O. The minimum Gasteiger partial charge on any atom is -0.390 e. The number of hydrogen-bond donors (Lipinski definition) is 1. The quantitative estimate of drug-likeness (QED) is 0.805. The maximum Gasteiger partial charge on any atom is 0.0682 e. The highest BCUT2D eigenvalue weighted by atomic mass is 16.3. The molecule has 0 aliphatic rings. The van der Waals surface area contributed by atoms with Crippen LogP contribution in [-0.4, -0.2) is 10.7 Å². The third-order valence-corrected chi connectivity index (χ3v) is 3.38. The first-order valence-electron chi connectivity index (χ1n) is 5.61. The fraction of sp³-hybridized carbons (Fsp3) is 0.571. The summed E-state index contributed by atoms with van der Waals surface area (Å²) >= 11 is 0. The minimum absolute atomic E-state index is 0.277. The fourth-order valence-electron chi connectivity index (χ4n) is 1.53. The van der Waals surface area contributed by atoms with Crippen LogP contribution in [0.1, 0.15) is 37.5 Å². The van der Waals surface area contributed by atoms with E-state index in [2.05, 4.69) is 45.9 Å². The standard InChI is InChI=1S/C14H22O/c1-10(2)14(5,15)9-13-7-6-11(3)12(4)8-13/h6-8,10,15H,9H2,1-5H3. The van der Waals surface area contributed by atoms with Gasteiger partial charge in [-0.05, 0) is 43.4 Å². The van der Waals surface area contributed by atoms with E-state index >= 15 is 0 Å². The Balaban J connectivity index is 2.86. The van der Waals surface area contributed by atoms with Crippen LogP contribution in [0.4, 0.5) is 0 Å². The van der Waals surface area contributed by atoms with Crippen molar-refractivity contribution < 1.29 is 5.11 Å². The number of aryl methyl sites for hydroxylation is 2. The Kier molecular flexibility index (Phi) is 3.56. The van der Waals surface area contributed by atoms with Crippen molar-refractivity contribution in [1.82, 2.24) is 0 Å². The van der Waals surface area contributed by atoms with E-state index in [1.807, 2.05) is 6.92 Å². The monoisotopic (exact) mass is 206 g/mol. The molecule has 0 spiro atoms. The summed E-state index contributed by atoms with van der Waals surface area (Å²) in [4.78, 5) is 0. The Morgan fingerprint density at radius 2 is 1.80 bits per heavy atom. The average Bonchev–Trinajstić information content (AvgIpc) is 2.10. The van der Waals surface area contributed by atoms with Crippen molar-refractivity contribution in [1.29, 1.82) is 0 Å². The van der Waals surface area contributed by atoms with Gasteiger partial charge in [-0.2, -0.15) is 0 Å². The molecule has 1 atom stereocenters. The van der Waals surface area contributed by atoms with Crippen LogP contribution >= 0.6 is 0 Å². The molecule has 0 radical (unpaired) electrons. The van der Waals surface area contributed by atoms with E-state index in [0.717, 1.165) is 6.42 Å². The molecule has 0 bridgehead atoms. The van der Waals surface area contributed by atoms with Crippen molar-refractivity contribution in [3.63, 3.8) is 0 Å². The normalized spacial score (nSPS) is 15.4. The highest BCUT2D eigenvalue weighted by Crippen LogP contribution is 2.22. The summed E-state index contributed by atoms with van der Waals surface area (Å²) in [6.45, 7) is 10.2. The third-order valence-electron chi connectivity index (χ3n) is 3.38. The van der Waals surface area contributed by atoms with Crippen molar-refractivity contribution in [2.45, 2.75) is 46.6 Å². The lowest BCUT2D eigenvalue weighted by Crippen LogP contribution is -2.33. The number of hydrogen-bond acceptors (Lipinski definition) is 1. The fourth-order valence-corrected chi connectivity index (χ4v) is 1.53. The molecule has 1 N–H and O–H groups in total. The van der Waals surface area contributed by atoms with Gasteiger partial charge in [0.25, 0.3) is 0 Å². The lowest BCUT2D eigenvalue weighted by molar-refractivity contribution is 0.0139. The lowest BCUT2D eigenvalue weighted by atomic mass is 9.85. The molecule has 1 nitrogen and oxygen atoms in total. The molecule has 15 heavy (non-hydrogen) atoms. The van der Waals surface area contributed by atoms with Crippen LogP contribution in [0.5, 0.6) is 0 Å². The van der Waals surface area contributed by atoms with E-state index in [1.54, 1.807) is 0 Å². The zero-order valence-electron chi connectivity index (χ0n) is 10.5. The van der Waals surface area contributed by atoms with Gasteiger partial charge in [0.05, 0.1) is 5.60 Å². The molecule has 0 fully saturated rings. The molecule has 0 heterocycles. The van der Waals surface area contributed by atoms with E-state index < -0.39 is 5.60 Å². The molecule has 0 aromatic heterocycles. The first-order valence-corrected chi connectivity index (χ1v) is 5.61.